The van der Waals surface area contributed by atoms with Crippen molar-refractivity contribution >= 4 is 21.8 Å². The molecule has 1 fully saturated rings. The van der Waals surface area contributed by atoms with Gasteiger partial charge in [0.1, 0.15) is 0 Å². The molecule has 31 heavy (non-hydrogen) atoms. The number of hydrogen-bond acceptors (Lipinski definition) is 4. The summed E-state index contributed by atoms with van der Waals surface area (Å²) in [6.07, 6.45) is 2.50. The Labute approximate surface area is 184 Å². The summed E-state index contributed by atoms with van der Waals surface area (Å²) in [5.41, 5.74) is 1.49. The lowest BCUT2D eigenvalue weighted by molar-refractivity contribution is -0.122. The van der Waals surface area contributed by atoms with Gasteiger partial charge in [0.05, 0.1) is 4.90 Å². The summed E-state index contributed by atoms with van der Waals surface area (Å²) in [7, 11) is -0.674. The van der Waals surface area contributed by atoms with E-state index < -0.39 is 10.0 Å². The fraction of sp³-hybridized carbons (Fsp3) is 0.391. The lowest BCUT2D eigenvalue weighted by Gasteiger charge is -2.32. The second-order valence-electron chi connectivity index (χ2n) is 7.93. The minimum atomic E-state index is -3.60. The molecule has 8 heteroatoms. The van der Waals surface area contributed by atoms with Gasteiger partial charge in [-0.1, -0.05) is 36.4 Å². The van der Waals surface area contributed by atoms with Gasteiger partial charge in [0, 0.05) is 45.2 Å². The Bertz CT molecular complexity index is 1010. The molecule has 0 saturated carbocycles. The number of carbonyl (C=O) groups excluding carboxylic acids is 2. The number of sulfonamides is 1. The summed E-state index contributed by atoms with van der Waals surface area (Å²) >= 11 is 0. The van der Waals surface area contributed by atoms with Crippen molar-refractivity contribution in [3.8, 4) is 0 Å². The van der Waals surface area contributed by atoms with Crippen LogP contribution >= 0.6 is 0 Å². The molecule has 0 unspecified atom stereocenters. The summed E-state index contributed by atoms with van der Waals surface area (Å²) in [6, 6.07) is 16.1. The number of aryl methyl sites for hydroxylation is 1. The average Bonchev–Trinajstić information content (AvgIpc) is 2.78. The largest absolute Gasteiger partial charge is 0.353 e. The van der Waals surface area contributed by atoms with E-state index in [0.29, 0.717) is 44.3 Å². The van der Waals surface area contributed by atoms with Gasteiger partial charge in [0.15, 0.2) is 0 Å². The normalized spacial score (nSPS) is 15.1. The third-order valence-corrected chi connectivity index (χ3v) is 7.30. The van der Waals surface area contributed by atoms with Crippen LogP contribution in [0.3, 0.4) is 0 Å². The van der Waals surface area contributed by atoms with E-state index >= 15 is 0 Å². The summed E-state index contributed by atoms with van der Waals surface area (Å²) < 4.78 is 25.8. The summed E-state index contributed by atoms with van der Waals surface area (Å²) in [5.74, 6) is -0.167. The van der Waals surface area contributed by atoms with E-state index in [1.54, 1.807) is 17.0 Å². The van der Waals surface area contributed by atoms with Gasteiger partial charge >= 0.3 is 0 Å². The maximum absolute atomic E-state index is 12.9. The molecule has 3 rings (SSSR count). The fourth-order valence-corrected chi connectivity index (χ4v) is 4.56. The molecule has 7 nitrogen and oxygen atoms in total. The van der Waals surface area contributed by atoms with Crippen molar-refractivity contribution in [3.63, 3.8) is 0 Å². The molecule has 2 aromatic rings. The van der Waals surface area contributed by atoms with Crippen LogP contribution in [0, 0.1) is 0 Å². The van der Waals surface area contributed by atoms with Crippen LogP contribution in [0.4, 0.5) is 0 Å². The minimum absolute atomic E-state index is 0.0234. The molecule has 0 bridgehead atoms. The summed E-state index contributed by atoms with van der Waals surface area (Å²) in [5, 5.41) is 3.07. The van der Waals surface area contributed by atoms with E-state index in [-0.39, 0.29) is 22.8 Å². The molecule has 1 N–H and O–H groups in total. The van der Waals surface area contributed by atoms with Crippen LogP contribution in [-0.2, 0) is 21.2 Å². The summed E-state index contributed by atoms with van der Waals surface area (Å²) in [6.45, 7) is 1.04. The predicted molar refractivity (Wildman–Crippen MR) is 119 cm³/mol. The van der Waals surface area contributed by atoms with Crippen molar-refractivity contribution in [2.75, 3.05) is 27.2 Å². The van der Waals surface area contributed by atoms with Gasteiger partial charge in [0.25, 0.3) is 5.91 Å². The monoisotopic (exact) mass is 443 g/mol. The molecule has 0 atom stereocenters. The van der Waals surface area contributed by atoms with E-state index in [0.717, 1.165) is 9.87 Å². The molecular weight excluding hydrogens is 414 g/mol. The van der Waals surface area contributed by atoms with Gasteiger partial charge in [-0.25, -0.2) is 12.7 Å². The zero-order valence-electron chi connectivity index (χ0n) is 18.0. The van der Waals surface area contributed by atoms with Crippen LogP contribution in [0.5, 0.6) is 0 Å². The van der Waals surface area contributed by atoms with E-state index in [2.05, 4.69) is 5.32 Å². The lowest BCUT2D eigenvalue weighted by atomic mass is 10.0. The Morgan fingerprint density at radius 3 is 2.35 bits per heavy atom. The van der Waals surface area contributed by atoms with Crippen LogP contribution in [0.1, 0.15) is 35.2 Å². The van der Waals surface area contributed by atoms with Crippen molar-refractivity contribution in [1.29, 1.82) is 0 Å². The van der Waals surface area contributed by atoms with Crippen LogP contribution in [0.25, 0.3) is 0 Å². The van der Waals surface area contributed by atoms with Gasteiger partial charge in [-0.3, -0.25) is 9.59 Å². The Hall–Kier alpha value is -2.71. The molecule has 0 aromatic heterocycles. The maximum Gasteiger partial charge on any atom is 0.253 e. The third kappa shape index (κ3) is 5.92. The third-order valence-electron chi connectivity index (χ3n) is 5.49. The standard InChI is InChI=1S/C23H29N3O4S/c1-25(2)31(29,30)21-10-6-9-19(17-21)23(28)26-15-13-20(14-16-26)24-22(27)12-11-18-7-4-3-5-8-18/h3-10,17,20H,11-16H2,1-2H3,(H,24,27). The van der Waals surface area contributed by atoms with Crippen molar-refractivity contribution in [2.45, 2.75) is 36.6 Å². The second-order valence-corrected chi connectivity index (χ2v) is 10.1. The van der Waals surface area contributed by atoms with E-state index in [4.69, 9.17) is 0 Å². The second kappa shape index (κ2) is 10.1. The zero-order valence-corrected chi connectivity index (χ0v) is 18.8. The average molecular weight is 444 g/mol. The van der Waals surface area contributed by atoms with Crippen molar-refractivity contribution in [2.24, 2.45) is 0 Å². The minimum Gasteiger partial charge on any atom is -0.353 e. The molecule has 0 aliphatic carbocycles. The van der Waals surface area contributed by atoms with Gasteiger partial charge in [-0.05, 0) is 43.0 Å². The highest BCUT2D eigenvalue weighted by atomic mass is 32.2. The Balaban J connectivity index is 1.51. The van der Waals surface area contributed by atoms with Crippen LogP contribution in [-0.4, -0.2) is 62.7 Å². The molecule has 0 radical (unpaired) electrons. The Kier molecular flexibility index (Phi) is 7.46. The number of piperidine rings is 1. The van der Waals surface area contributed by atoms with Crippen molar-refractivity contribution < 1.29 is 18.0 Å². The number of nitrogens with one attached hydrogen (secondary N) is 1. The number of benzene rings is 2. The number of likely N-dealkylation sites (tertiary alicyclic amines) is 1. The predicted octanol–water partition coefficient (Wildman–Crippen LogP) is 2.29. The van der Waals surface area contributed by atoms with E-state index in [1.807, 2.05) is 30.3 Å². The molecule has 1 aliphatic rings. The van der Waals surface area contributed by atoms with Gasteiger partial charge in [-0.2, -0.15) is 0 Å². The number of rotatable bonds is 7. The molecule has 2 amide bonds. The number of amides is 2. The topological polar surface area (TPSA) is 86.8 Å². The number of hydrogen-bond donors (Lipinski definition) is 1. The van der Waals surface area contributed by atoms with E-state index in [1.165, 1.54) is 26.2 Å². The maximum atomic E-state index is 12.9. The Morgan fingerprint density at radius 1 is 1.03 bits per heavy atom. The van der Waals surface area contributed by atoms with Crippen LogP contribution in [0.2, 0.25) is 0 Å². The van der Waals surface area contributed by atoms with Crippen molar-refractivity contribution in [1.82, 2.24) is 14.5 Å². The fourth-order valence-electron chi connectivity index (χ4n) is 3.61. The smallest absolute Gasteiger partial charge is 0.253 e. The van der Waals surface area contributed by atoms with E-state index in [9.17, 15) is 18.0 Å². The highest BCUT2D eigenvalue weighted by Crippen LogP contribution is 2.19. The Morgan fingerprint density at radius 2 is 1.71 bits per heavy atom. The molecular formula is C23H29N3O4S. The molecule has 2 aromatic carbocycles. The van der Waals surface area contributed by atoms with Crippen LogP contribution < -0.4 is 5.32 Å². The molecule has 1 saturated heterocycles. The SMILES string of the molecule is CN(C)S(=O)(=O)c1cccc(C(=O)N2CCC(NC(=O)CCc3ccccc3)CC2)c1. The number of nitrogens with zero attached hydrogens (tertiary/aromatic N) is 2. The van der Waals surface area contributed by atoms with Gasteiger partial charge < -0.3 is 10.2 Å². The molecule has 166 valence electrons. The van der Waals surface area contributed by atoms with Crippen LogP contribution in [0.15, 0.2) is 59.5 Å². The first-order chi connectivity index (χ1) is 14.8. The van der Waals surface area contributed by atoms with Crippen molar-refractivity contribution in [3.05, 3.63) is 65.7 Å². The summed E-state index contributed by atoms with van der Waals surface area (Å²) in [4.78, 5) is 26.9. The number of carbonyl (C=O) groups is 2. The lowest BCUT2D eigenvalue weighted by Crippen LogP contribution is -2.46. The molecule has 1 heterocycles. The highest BCUT2D eigenvalue weighted by Gasteiger charge is 2.26. The zero-order chi connectivity index (χ0) is 22.4. The first-order valence-electron chi connectivity index (χ1n) is 10.4. The quantitative estimate of drug-likeness (QED) is 0.711. The molecule has 0 spiro atoms. The van der Waals surface area contributed by atoms with Gasteiger partial charge in [-0.15, -0.1) is 0 Å². The first-order valence-corrected chi connectivity index (χ1v) is 11.9. The molecule has 1 aliphatic heterocycles. The van der Waals surface area contributed by atoms with Gasteiger partial charge in [0.2, 0.25) is 15.9 Å². The highest BCUT2D eigenvalue weighted by molar-refractivity contribution is 7.89. The first kappa shape index (κ1) is 23.0.